The zero-order chi connectivity index (χ0) is 40.2. The molecule has 18 heteroatoms. The van der Waals surface area contributed by atoms with Crippen LogP contribution in [-0.2, 0) is 32.5 Å². The van der Waals surface area contributed by atoms with Gasteiger partial charge >= 0.3 is 32.7 Å². The van der Waals surface area contributed by atoms with Gasteiger partial charge in [0.15, 0.2) is 24.4 Å². The van der Waals surface area contributed by atoms with Crippen LogP contribution in [0.2, 0.25) is 6.04 Å². The van der Waals surface area contributed by atoms with Gasteiger partial charge in [0, 0.05) is 12.5 Å². The third-order valence-electron chi connectivity index (χ3n) is 9.73. The maximum atomic E-state index is 12.2. The fourth-order valence-corrected chi connectivity index (χ4v) is 9.50. The van der Waals surface area contributed by atoms with Crippen LogP contribution in [0.4, 0.5) is 0 Å². The molecule has 9 N–H and O–H groups in total. The number of carbonyl (C=O) groups is 4. The molecule has 1 aliphatic heterocycles. The highest BCUT2D eigenvalue weighted by Crippen LogP contribution is 2.34. The fourth-order valence-electron chi connectivity index (χ4n) is 6.46. The molecule has 0 aromatic carbocycles. The first-order chi connectivity index (χ1) is 24.9. The Labute approximate surface area is 313 Å². The third-order valence-corrected chi connectivity index (χ3v) is 12.5. The predicted molar refractivity (Wildman–Crippen MR) is 192 cm³/mol. The number of hydrogen-bond donors (Lipinski definition) is 9. The van der Waals surface area contributed by atoms with E-state index in [1.807, 2.05) is 14.1 Å². The lowest BCUT2D eigenvalue weighted by molar-refractivity contribution is -0.890. The van der Waals surface area contributed by atoms with E-state index in [1.54, 1.807) is 0 Å². The second-order valence-electron chi connectivity index (χ2n) is 14.8. The Morgan fingerprint density at radius 2 is 1.09 bits per heavy atom. The lowest BCUT2D eigenvalue weighted by Crippen LogP contribution is -2.68. The smallest absolute Gasteiger partial charge is 0.479 e. The number of aliphatic hydroxyl groups is 5. The lowest BCUT2D eigenvalue weighted by Gasteiger charge is -2.45. The zero-order valence-corrected chi connectivity index (χ0v) is 32.6. The van der Waals surface area contributed by atoms with Crippen molar-refractivity contribution in [1.29, 1.82) is 0 Å². The van der Waals surface area contributed by atoms with Crippen LogP contribution in [0.5, 0.6) is 0 Å². The molecule has 1 saturated heterocycles. The van der Waals surface area contributed by atoms with Crippen molar-refractivity contribution in [2.24, 2.45) is 0 Å². The molecule has 0 radical (unpaired) electrons. The summed E-state index contributed by atoms with van der Waals surface area (Å²) in [6, 6.07) is -0.388. The topological polar surface area (TPSA) is 278 Å². The summed E-state index contributed by atoms with van der Waals surface area (Å²) < 4.78 is 17.2. The van der Waals surface area contributed by atoms with E-state index in [9.17, 15) is 60.0 Å². The minimum absolute atomic E-state index is 0.110. The van der Waals surface area contributed by atoms with Crippen molar-refractivity contribution in [3.05, 3.63) is 0 Å². The van der Waals surface area contributed by atoms with Crippen LogP contribution < -0.4 is 0 Å². The normalized spacial score (nSPS) is 23.5. The Morgan fingerprint density at radius 1 is 0.642 bits per heavy atom. The van der Waals surface area contributed by atoms with E-state index >= 15 is 0 Å². The van der Waals surface area contributed by atoms with Crippen LogP contribution in [0.3, 0.4) is 0 Å². The van der Waals surface area contributed by atoms with E-state index in [-0.39, 0.29) is 12.5 Å². The van der Waals surface area contributed by atoms with Gasteiger partial charge in [0.05, 0.1) is 27.2 Å². The SMILES string of the molecule is CCCCCCCCCCCCCCCCCC[N+](C)(C)CCC[Si]1(OC(C(=O)O)C(O)C(O)C(O)C(=O)O)OC(C(=O)O)C(O)C(C(O)C(=O)O)O1. The molecule has 0 aromatic rings. The summed E-state index contributed by atoms with van der Waals surface area (Å²) in [6.07, 6.45) is 0.241. The monoisotopic (exact) mass is 784 g/mol. The Balaban J connectivity index is 2.82. The van der Waals surface area contributed by atoms with Gasteiger partial charge in [-0.05, 0) is 12.8 Å². The largest absolute Gasteiger partial charge is 0.503 e. The highest BCUT2D eigenvalue weighted by atomic mass is 28.4. The van der Waals surface area contributed by atoms with Crippen LogP contribution in [0.1, 0.15) is 116 Å². The molecule has 0 aliphatic carbocycles. The van der Waals surface area contributed by atoms with Crippen LogP contribution in [-0.4, -0.2) is 159 Å². The number of quaternary nitrogens is 1. The summed E-state index contributed by atoms with van der Waals surface area (Å²) in [5.74, 6) is -7.73. The van der Waals surface area contributed by atoms with Crippen LogP contribution in [0.25, 0.3) is 0 Å². The van der Waals surface area contributed by atoms with E-state index in [4.69, 9.17) is 18.4 Å². The lowest BCUT2D eigenvalue weighted by atomic mass is 10.0. The minimum atomic E-state index is -4.85. The summed E-state index contributed by atoms with van der Waals surface area (Å²) >= 11 is 0. The Morgan fingerprint density at radius 3 is 1.51 bits per heavy atom. The number of nitrogens with zero attached hydrogens (tertiary/aromatic N) is 1. The summed E-state index contributed by atoms with van der Waals surface area (Å²) in [5, 5.41) is 89.3. The molecule has 0 aromatic heterocycles. The van der Waals surface area contributed by atoms with Gasteiger partial charge < -0.3 is 63.7 Å². The first kappa shape index (κ1) is 48.8. The van der Waals surface area contributed by atoms with Gasteiger partial charge in [-0.3, -0.25) is 0 Å². The molecule has 1 rings (SSSR count). The summed E-state index contributed by atoms with van der Waals surface area (Å²) in [5.41, 5.74) is 0. The number of carboxylic acids is 4. The van der Waals surface area contributed by atoms with Gasteiger partial charge in [0.1, 0.15) is 24.4 Å². The van der Waals surface area contributed by atoms with E-state index < -0.39 is 81.5 Å². The molecular formula is C35H66NO16Si+. The van der Waals surface area contributed by atoms with Crippen molar-refractivity contribution in [3.63, 3.8) is 0 Å². The van der Waals surface area contributed by atoms with E-state index in [1.165, 1.54) is 77.0 Å². The molecule has 53 heavy (non-hydrogen) atoms. The number of rotatable bonds is 31. The van der Waals surface area contributed by atoms with Gasteiger partial charge in [-0.1, -0.05) is 96.8 Å². The average Bonchev–Trinajstić information content (AvgIpc) is 3.09. The van der Waals surface area contributed by atoms with Crippen LogP contribution in [0, 0.1) is 0 Å². The maximum Gasteiger partial charge on any atom is 0.503 e. The molecule has 17 nitrogen and oxygen atoms in total. The Bertz CT molecular complexity index is 1100. The fraction of sp³-hybridized carbons (Fsp3) is 0.886. The van der Waals surface area contributed by atoms with Gasteiger partial charge in [-0.25, -0.2) is 19.2 Å². The molecule has 310 valence electrons. The number of unbranched alkanes of at least 4 members (excludes halogenated alkanes) is 15. The van der Waals surface area contributed by atoms with Crippen LogP contribution >= 0.6 is 0 Å². The van der Waals surface area contributed by atoms with E-state index in [2.05, 4.69) is 6.92 Å². The summed E-state index contributed by atoms with van der Waals surface area (Å²) in [4.78, 5) is 47.0. The van der Waals surface area contributed by atoms with Crippen molar-refractivity contribution < 1.29 is 82.9 Å². The Kier molecular flexibility index (Phi) is 23.0. The number of hydrogen-bond acceptors (Lipinski definition) is 12. The van der Waals surface area contributed by atoms with Gasteiger partial charge in [0.25, 0.3) is 0 Å². The van der Waals surface area contributed by atoms with Crippen molar-refractivity contribution in [1.82, 2.24) is 0 Å². The molecule has 1 fully saturated rings. The van der Waals surface area contributed by atoms with Crippen molar-refractivity contribution in [2.75, 3.05) is 27.2 Å². The molecule has 9 unspecified atom stereocenters. The molecular weight excluding hydrogens is 718 g/mol. The molecule has 1 heterocycles. The number of aliphatic carboxylic acids is 4. The maximum absolute atomic E-state index is 12.2. The molecule has 0 spiro atoms. The van der Waals surface area contributed by atoms with Crippen LogP contribution in [0.15, 0.2) is 0 Å². The highest BCUT2D eigenvalue weighted by Gasteiger charge is 2.60. The number of aliphatic hydroxyl groups excluding tert-OH is 5. The molecule has 0 amide bonds. The zero-order valence-electron chi connectivity index (χ0n) is 31.6. The average molecular weight is 785 g/mol. The summed E-state index contributed by atoms with van der Waals surface area (Å²) in [6.45, 7) is 3.37. The van der Waals surface area contributed by atoms with Crippen molar-refractivity contribution in [2.45, 2.75) is 171 Å². The molecule has 0 saturated carbocycles. The van der Waals surface area contributed by atoms with E-state index in [0.717, 1.165) is 32.2 Å². The van der Waals surface area contributed by atoms with Gasteiger partial charge in [-0.2, -0.15) is 0 Å². The molecule has 9 atom stereocenters. The quantitative estimate of drug-likeness (QED) is 0.0276. The van der Waals surface area contributed by atoms with E-state index in [0.29, 0.717) is 11.0 Å². The predicted octanol–water partition coefficient (Wildman–Crippen LogP) is 1.97. The van der Waals surface area contributed by atoms with Crippen molar-refractivity contribution in [3.8, 4) is 0 Å². The standard InChI is InChI=1S/C35H65NO16Si/c1-4-5-6-7-8-9-10-11-12-13-14-15-16-17-18-19-21-36(2,3)22-20-23-53(51-30(34(46)47)25(38)24(37)26(39)32(42)43)50-29(28(41)33(44)45)27(40)31(52-53)35(48)49/h24-31,37-41H,4-23H2,1-3H3,(H3-,42,43,44,45,46,47,48,49)/p+1. The second kappa shape index (κ2) is 25.0. The first-order valence-electron chi connectivity index (χ1n) is 19.1. The number of carboxylic acid groups (broad SMARTS) is 4. The Hall–Kier alpha value is -2.26. The van der Waals surface area contributed by atoms with Crippen molar-refractivity contribution >= 4 is 32.7 Å². The van der Waals surface area contributed by atoms with Gasteiger partial charge in [-0.15, -0.1) is 0 Å². The van der Waals surface area contributed by atoms with Gasteiger partial charge in [0.2, 0.25) is 0 Å². The molecule has 1 aliphatic rings. The second-order valence-corrected chi connectivity index (χ2v) is 17.4. The minimum Gasteiger partial charge on any atom is -0.479 e. The molecule has 0 bridgehead atoms. The third kappa shape index (κ3) is 17.8. The highest BCUT2D eigenvalue weighted by molar-refractivity contribution is 6.61. The summed E-state index contributed by atoms with van der Waals surface area (Å²) in [7, 11) is -0.967. The first-order valence-corrected chi connectivity index (χ1v) is 21.0.